The van der Waals surface area contributed by atoms with E-state index in [2.05, 4.69) is 88.5 Å². The van der Waals surface area contributed by atoms with Crippen LogP contribution in [0.5, 0.6) is 0 Å². The fourth-order valence-electron chi connectivity index (χ4n) is 5.91. The summed E-state index contributed by atoms with van der Waals surface area (Å²) in [5.41, 5.74) is 4.24. The molecule has 0 aromatic rings. The maximum Gasteiger partial charge on any atom is 0.673 e. The van der Waals surface area contributed by atoms with Crippen LogP contribution >= 0.6 is 15.8 Å². The molecular formula is C32H50BF4FeP2Rh-. The van der Waals surface area contributed by atoms with Crippen LogP contribution in [0.1, 0.15) is 105 Å². The van der Waals surface area contributed by atoms with Gasteiger partial charge in [-0.2, -0.15) is 0 Å². The van der Waals surface area contributed by atoms with Crippen LogP contribution in [0, 0.1) is 0 Å². The summed E-state index contributed by atoms with van der Waals surface area (Å²) < 4.78 is 39.0. The van der Waals surface area contributed by atoms with Crippen molar-refractivity contribution < 1.29 is 53.8 Å². The smallest absolute Gasteiger partial charge is 0.418 e. The maximum absolute atomic E-state index is 9.75. The Labute approximate surface area is 274 Å². The van der Waals surface area contributed by atoms with Crippen molar-refractivity contribution in [3.05, 3.63) is 71.4 Å². The van der Waals surface area contributed by atoms with E-state index in [0.717, 1.165) is 22.6 Å². The summed E-state index contributed by atoms with van der Waals surface area (Å²) in [6.45, 7) is 9.42. The quantitative estimate of drug-likeness (QED) is 0.110. The van der Waals surface area contributed by atoms with Gasteiger partial charge in [0.25, 0.3) is 0 Å². The minimum Gasteiger partial charge on any atom is -0.418 e. The summed E-state index contributed by atoms with van der Waals surface area (Å²) in [5, 5.41) is 3.56. The fraction of sp³-hybridized carbons (Fsp3) is 0.625. The minimum absolute atomic E-state index is 0. The topological polar surface area (TPSA) is 0 Å². The Balaban J connectivity index is 0.000000541. The van der Waals surface area contributed by atoms with Gasteiger partial charge in [-0.15, -0.1) is 0 Å². The Morgan fingerprint density at radius 3 is 1.05 bits per heavy atom. The standard InChI is InChI=1S/2C12H19P.C8H12.BF4.Fe.Rh/c2*1-3-10-9-11(4-2)13(10)12-7-5-6-8-12;1-2-4-6-8-7-5-3-1;2-1(3,4)5;;/h2*5-7,10-11H,3-4,8-9H2,1-2H3;1-2,7-8H,3-6H2;;;/q;;;-1;;/b;;2-1-,8-7-;;;/t2*10-,11-;;;;/m11..../s1. The van der Waals surface area contributed by atoms with Crippen LogP contribution in [-0.4, -0.2) is 29.9 Å². The third kappa shape index (κ3) is 15.2. The van der Waals surface area contributed by atoms with Crippen molar-refractivity contribution in [2.75, 3.05) is 0 Å². The summed E-state index contributed by atoms with van der Waals surface area (Å²) in [4.78, 5) is 0. The second kappa shape index (κ2) is 22.7. The van der Waals surface area contributed by atoms with Gasteiger partial charge in [0.05, 0.1) is 0 Å². The first-order valence-corrected chi connectivity index (χ1v) is 18.1. The van der Waals surface area contributed by atoms with Crippen LogP contribution in [0.4, 0.5) is 17.3 Å². The van der Waals surface area contributed by atoms with Gasteiger partial charge in [0, 0.05) is 36.5 Å². The van der Waals surface area contributed by atoms with E-state index < -0.39 is 7.25 Å². The summed E-state index contributed by atoms with van der Waals surface area (Å²) in [6, 6.07) is 0. The Morgan fingerprint density at radius 1 is 0.585 bits per heavy atom. The first kappa shape index (κ1) is 41.2. The molecule has 0 bridgehead atoms. The average Bonchev–Trinajstić information content (AvgIpc) is 3.53. The predicted octanol–water partition coefficient (Wildman–Crippen LogP) is 12.5. The Kier molecular flexibility index (Phi) is 22.8. The molecule has 3 aliphatic carbocycles. The molecule has 0 aromatic carbocycles. The molecular weight excluding hydrogens is 692 g/mol. The fourth-order valence-corrected chi connectivity index (χ4v) is 12.8. The van der Waals surface area contributed by atoms with E-state index in [0.29, 0.717) is 0 Å². The summed E-state index contributed by atoms with van der Waals surface area (Å²) in [5.74, 6) is 0. The molecule has 0 saturated carbocycles. The zero-order valence-corrected chi connectivity index (χ0v) is 29.8. The van der Waals surface area contributed by atoms with E-state index in [1.807, 2.05) is 0 Å². The third-order valence-electron chi connectivity index (χ3n) is 8.05. The zero-order valence-electron chi connectivity index (χ0n) is 25.2. The van der Waals surface area contributed by atoms with Crippen LogP contribution in [0.3, 0.4) is 0 Å². The number of halogens is 4. The van der Waals surface area contributed by atoms with Crippen LogP contribution in [-0.2, 0) is 36.5 Å². The summed E-state index contributed by atoms with van der Waals surface area (Å²) >= 11 is 0. The Bertz CT molecular complexity index is 797. The van der Waals surface area contributed by atoms with Gasteiger partial charge in [-0.05, 0) is 110 Å². The Hall–Kier alpha value is 0.228. The molecule has 1 radical (unpaired) electrons. The molecule has 0 aromatic heterocycles. The van der Waals surface area contributed by atoms with Gasteiger partial charge in [0.1, 0.15) is 0 Å². The third-order valence-corrected chi connectivity index (χ3v) is 15.5. The number of allylic oxidation sites excluding steroid dienone is 12. The largest absolute Gasteiger partial charge is 0.673 e. The van der Waals surface area contributed by atoms with Crippen molar-refractivity contribution in [1.29, 1.82) is 0 Å². The maximum atomic E-state index is 9.75. The monoisotopic (exact) mass is 742 g/mol. The van der Waals surface area contributed by atoms with Gasteiger partial charge in [0.2, 0.25) is 0 Å². The molecule has 237 valence electrons. The van der Waals surface area contributed by atoms with Gasteiger partial charge >= 0.3 is 7.25 Å². The van der Waals surface area contributed by atoms with Gasteiger partial charge < -0.3 is 17.3 Å². The van der Waals surface area contributed by atoms with Crippen molar-refractivity contribution in [2.45, 2.75) is 127 Å². The van der Waals surface area contributed by atoms with Gasteiger partial charge in [-0.25, -0.2) is 0 Å². The molecule has 2 heterocycles. The molecule has 5 aliphatic rings. The van der Waals surface area contributed by atoms with Gasteiger partial charge in [0.15, 0.2) is 0 Å². The van der Waals surface area contributed by atoms with E-state index in [-0.39, 0.29) is 52.4 Å². The van der Waals surface area contributed by atoms with Gasteiger partial charge in [-0.3, -0.25) is 0 Å². The molecule has 0 nitrogen and oxygen atoms in total. The first-order chi connectivity index (χ1) is 18.7. The molecule has 41 heavy (non-hydrogen) atoms. The number of rotatable bonds is 6. The van der Waals surface area contributed by atoms with Crippen molar-refractivity contribution in [2.24, 2.45) is 0 Å². The van der Waals surface area contributed by atoms with Gasteiger partial charge in [-0.1, -0.05) is 104 Å². The summed E-state index contributed by atoms with van der Waals surface area (Å²) in [7, 11) is -5.45. The van der Waals surface area contributed by atoms with Crippen LogP contribution in [0.2, 0.25) is 0 Å². The van der Waals surface area contributed by atoms with Crippen molar-refractivity contribution in [3.8, 4) is 0 Å². The molecule has 0 spiro atoms. The van der Waals surface area contributed by atoms with E-state index in [1.165, 1.54) is 77.0 Å². The molecule has 2 fully saturated rings. The molecule has 4 atom stereocenters. The Morgan fingerprint density at radius 2 is 0.854 bits per heavy atom. The normalized spacial score (nSPS) is 28.0. The average molecular weight is 742 g/mol. The van der Waals surface area contributed by atoms with Crippen LogP contribution in [0.25, 0.3) is 0 Å². The second-order valence-corrected chi connectivity index (χ2v) is 16.4. The number of hydrogen-bond donors (Lipinski definition) is 0. The zero-order chi connectivity index (χ0) is 28.7. The summed E-state index contributed by atoms with van der Waals surface area (Å²) in [6.07, 6.45) is 39.0. The van der Waals surface area contributed by atoms with E-state index in [4.69, 9.17) is 0 Å². The van der Waals surface area contributed by atoms with E-state index in [9.17, 15) is 17.3 Å². The molecule has 9 heteroatoms. The van der Waals surface area contributed by atoms with Crippen LogP contribution in [0.15, 0.2) is 71.4 Å². The van der Waals surface area contributed by atoms with E-state index in [1.54, 1.807) is 10.6 Å². The first-order valence-electron chi connectivity index (χ1n) is 15.2. The molecule has 2 aliphatic heterocycles. The van der Waals surface area contributed by atoms with Crippen molar-refractivity contribution in [3.63, 3.8) is 0 Å². The SMILES string of the molecule is C1=C\CC/C=C\CC/1.CC[C@@H]1C[C@@H](CC)P1C1=CC=CC1.CC[C@@H]1C[C@@H](CC)P1C1=CC=CC1.F[B-](F)(F)F.[Fe].[Rh]. The molecule has 0 N–H and O–H groups in total. The minimum atomic E-state index is -6.00. The van der Waals surface area contributed by atoms with Crippen molar-refractivity contribution in [1.82, 2.24) is 0 Å². The molecule has 0 amide bonds. The van der Waals surface area contributed by atoms with Crippen LogP contribution < -0.4 is 0 Å². The molecule has 0 unspecified atom stereocenters. The molecule has 5 rings (SSSR count). The molecule has 2 saturated heterocycles. The predicted molar refractivity (Wildman–Crippen MR) is 170 cm³/mol. The van der Waals surface area contributed by atoms with E-state index >= 15 is 0 Å². The second-order valence-electron chi connectivity index (χ2n) is 10.7. The van der Waals surface area contributed by atoms with Crippen molar-refractivity contribution >= 4 is 23.1 Å². The number of hydrogen-bond acceptors (Lipinski definition) is 0.